The van der Waals surface area contributed by atoms with Gasteiger partial charge in [-0.15, -0.1) is 0 Å². The Morgan fingerprint density at radius 2 is 2.37 bits per heavy atom. The lowest BCUT2D eigenvalue weighted by molar-refractivity contribution is -0.162. The van der Waals surface area contributed by atoms with Crippen molar-refractivity contribution in [2.45, 2.75) is 32.2 Å². The number of H-pyrrole nitrogens is 1. The lowest BCUT2D eigenvalue weighted by atomic mass is 9.96. The molecule has 2 N–H and O–H groups in total. The van der Waals surface area contributed by atoms with Crippen molar-refractivity contribution in [1.82, 2.24) is 14.9 Å². The summed E-state index contributed by atoms with van der Waals surface area (Å²) in [6, 6.07) is -1.18. The van der Waals surface area contributed by atoms with Gasteiger partial charge in [0.2, 0.25) is 11.8 Å². The van der Waals surface area contributed by atoms with Gasteiger partial charge in [-0.2, -0.15) is 0 Å². The largest absolute Gasteiger partial charge is 0.480 e. The number of carboxylic acid groups (broad SMARTS) is 1. The average Bonchev–Trinajstić information content (AvgIpc) is 2.86. The number of nitrogens with one attached hydrogen (secondary N) is 1. The van der Waals surface area contributed by atoms with Crippen molar-refractivity contribution >= 4 is 17.8 Å². The van der Waals surface area contributed by atoms with Crippen molar-refractivity contribution in [3.8, 4) is 0 Å². The Morgan fingerprint density at radius 1 is 1.63 bits per heavy atom. The summed E-state index contributed by atoms with van der Waals surface area (Å²) in [6.07, 6.45) is 3.64. The molecule has 2 rings (SSSR count). The van der Waals surface area contributed by atoms with Crippen LogP contribution < -0.4 is 0 Å². The first-order valence-electron chi connectivity index (χ1n) is 6.06. The van der Waals surface area contributed by atoms with Crippen LogP contribution in [0.5, 0.6) is 0 Å². The molecule has 0 aromatic carbocycles. The third-order valence-corrected chi connectivity index (χ3v) is 3.28. The normalized spacial score (nSPS) is 21.5. The number of nitrogens with zero attached hydrogens (tertiary/aromatic N) is 2. The zero-order valence-corrected chi connectivity index (χ0v) is 10.5. The molecule has 0 aliphatic carbocycles. The molecule has 19 heavy (non-hydrogen) atoms. The second-order valence-electron chi connectivity index (χ2n) is 4.68. The van der Waals surface area contributed by atoms with Gasteiger partial charge in [-0.1, -0.05) is 6.92 Å². The van der Waals surface area contributed by atoms with Gasteiger partial charge in [-0.25, -0.2) is 9.78 Å². The van der Waals surface area contributed by atoms with Gasteiger partial charge < -0.3 is 10.1 Å². The Labute approximate surface area is 109 Å². The van der Waals surface area contributed by atoms with E-state index in [-0.39, 0.29) is 18.8 Å². The highest BCUT2D eigenvalue weighted by molar-refractivity contribution is 6.02. The third kappa shape index (κ3) is 2.64. The quantitative estimate of drug-likeness (QED) is 0.756. The van der Waals surface area contributed by atoms with Gasteiger partial charge in [0, 0.05) is 30.7 Å². The molecule has 2 amide bonds. The number of aromatic amines is 1. The SMILES string of the molecule is CC1CCC(=O)N(C(Cc2cnc[nH]2)C(=O)O)C1=O. The fourth-order valence-electron chi connectivity index (χ4n) is 2.17. The number of aliphatic carboxylic acids is 1. The molecule has 0 saturated carbocycles. The van der Waals surface area contributed by atoms with Crippen molar-refractivity contribution in [1.29, 1.82) is 0 Å². The van der Waals surface area contributed by atoms with E-state index >= 15 is 0 Å². The molecular formula is C12H15N3O4. The molecule has 7 heteroatoms. The number of aromatic nitrogens is 2. The molecule has 1 aromatic rings. The Balaban J connectivity index is 2.24. The zero-order chi connectivity index (χ0) is 14.0. The predicted octanol–water partition coefficient (Wildman–Crippen LogP) is 0.191. The summed E-state index contributed by atoms with van der Waals surface area (Å²) in [5, 5.41) is 9.27. The van der Waals surface area contributed by atoms with Gasteiger partial charge in [0.15, 0.2) is 0 Å². The van der Waals surface area contributed by atoms with Crippen LogP contribution in [-0.2, 0) is 20.8 Å². The maximum absolute atomic E-state index is 12.0. The smallest absolute Gasteiger partial charge is 0.327 e. The second kappa shape index (κ2) is 5.21. The van der Waals surface area contributed by atoms with Crippen LogP contribution in [-0.4, -0.2) is 43.8 Å². The van der Waals surface area contributed by atoms with Crippen LogP contribution >= 0.6 is 0 Å². The topological polar surface area (TPSA) is 103 Å². The van der Waals surface area contributed by atoms with E-state index in [9.17, 15) is 19.5 Å². The van der Waals surface area contributed by atoms with Gasteiger partial charge in [-0.05, 0) is 6.42 Å². The summed E-state index contributed by atoms with van der Waals surface area (Å²) in [7, 11) is 0. The molecule has 2 unspecified atom stereocenters. The molecule has 102 valence electrons. The van der Waals surface area contributed by atoms with Crippen LogP contribution in [0.25, 0.3) is 0 Å². The molecular weight excluding hydrogens is 250 g/mol. The minimum Gasteiger partial charge on any atom is -0.480 e. The van der Waals surface area contributed by atoms with Crippen molar-refractivity contribution < 1.29 is 19.5 Å². The van der Waals surface area contributed by atoms with Gasteiger partial charge in [-0.3, -0.25) is 14.5 Å². The fraction of sp³-hybridized carbons (Fsp3) is 0.500. The highest BCUT2D eigenvalue weighted by Crippen LogP contribution is 2.22. The molecule has 1 saturated heterocycles. The number of carbonyl (C=O) groups is 3. The van der Waals surface area contributed by atoms with Gasteiger partial charge in [0.1, 0.15) is 6.04 Å². The highest BCUT2D eigenvalue weighted by Gasteiger charge is 2.39. The number of amides is 2. The summed E-state index contributed by atoms with van der Waals surface area (Å²) in [5.41, 5.74) is 0.575. The predicted molar refractivity (Wildman–Crippen MR) is 64.0 cm³/mol. The number of hydrogen-bond donors (Lipinski definition) is 2. The van der Waals surface area contributed by atoms with E-state index in [0.29, 0.717) is 12.1 Å². The molecule has 1 aromatic heterocycles. The van der Waals surface area contributed by atoms with E-state index in [1.54, 1.807) is 6.92 Å². The number of piperidine rings is 1. The van der Waals surface area contributed by atoms with Crippen LogP contribution in [0.4, 0.5) is 0 Å². The lowest BCUT2D eigenvalue weighted by Gasteiger charge is -2.33. The third-order valence-electron chi connectivity index (χ3n) is 3.28. The molecule has 1 aliphatic rings. The first-order chi connectivity index (χ1) is 9.00. The maximum Gasteiger partial charge on any atom is 0.327 e. The number of carbonyl (C=O) groups excluding carboxylic acids is 2. The van der Waals surface area contributed by atoms with Crippen LogP contribution in [0.3, 0.4) is 0 Å². The number of likely N-dealkylation sites (tertiary alicyclic amines) is 1. The molecule has 0 radical (unpaired) electrons. The standard InChI is InChI=1S/C12H15N3O4/c1-7-2-3-10(16)15(11(7)17)9(12(18)19)4-8-5-13-6-14-8/h5-7,9H,2-4H2,1H3,(H,13,14)(H,18,19). The number of imidazole rings is 1. The lowest BCUT2D eigenvalue weighted by Crippen LogP contribution is -2.53. The van der Waals surface area contributed by atoms with Crippen molar-refractivity contribution in [3.63, 3.8) is 0 Å². The fourth-order valence-corrected chi connectivity index (χ4v) is 2.17. The Kier molecular flexibility index (Phi) is 3.64. The molecule has 2 heterocycles. The van der Waals surface area contributed by atoms with Crippen LogP contribution in [0.15, 0.2) is 12.5 Å². The van der Waals surface area contributed by atoms with E-state index in [1.165, 1.54) is 12.5 Å². The number of hydrogen-bond acceptors (Lipinski definition) is 4. The minimum absolute atomic E-state index is 0.0412. The Hall–Kier alpha value is -2.18. The number of rotatable bonds is 4. The minimum atomic E-state index is -1.19. The number of imide groups is 1. The summed E-state index contributed by atoms with van der Waals surface area (Å²) in [4.78, 5) is 42.7. The van der Waals surface area contributed by atoms with E-state index < -0.39 is 23.8 Å². The van der Waals surface area contributed by atoms with Crippen molar-refractivity contribution in [2.75, 3.05) is 0 Å². The molecule has 0 spiro atoms. The monoisotopic (exact) mass is 265 g/mol. The van der Waals surface area contributed by atoms with Gasteiger partial charge in [0.25, 0.3) is 0 Å². The molecule has 2 atom stereocenters. The van der Waals surface area contributed by atoms with Gasteiger partial charge >= 0.3 is 5.97 Å². The van der Waals surface area contributed by atoms with Crippen LogP contribution in [0, 0.1) is 5.92 Å². The van der Waals surface area contributed by atoms with Crippen molar-refractivity contribution in [3.05, 3.63) is 18.2 Å². The molecule has 1 fully saturated rings. The Morgan fingerprint density at radius 3 is 2.95 bits per heavy atom. The maximum atomic E-state index is 12.0. The van der Waals surface area contributed by atoms with E-state index in [4.69, 9.17) is 0 Å². The molecule has 1 aliphatic heterocycles. The van der Waals surface area contributed by atoms with Crippen LogP contribution in [0.1, 0.15) is 25.5 Å². The van der Waals surface area contributed by atoms with E-state index in [0.717, 1.165) is 4.90 Å². The second-order valence-corrected chi connectivity index (χ2v) is 4.68. The first kappa shape index (κ1) is 13.3. The van der Waals surface area contributed by atoms with Crippen LogP contribution in [0.2, 0.25) is 0 Å². The molecule has 0 bridgehead atoms. The van der Waals surface area contributed by atoms with Crippen molar-refractivity contribution in [2.24, 2.45) is 5.92 Å². The van der Waals surface area contributed by atoms with Gasteiger partial charge in [0.05, 0.1) is 6.33 Å². The summed E-state index contributed by atoms with van der Waals surface area (Å²) < 4.78 is 0. The summed E-state index contributed by atoms with van der Waals surface area (Å²) in [6.45, 7) is 1.71. The number of carboxylic acids is 1. The highest BCUT2D eigenvalue weighted by atomic mass is 16.4. The zero-order valence-electron chi connectivity index (χ0n) is 10.5. The van der Waals surface area contributed by atoms with E-state index in [2.05, 4.69) is 9.97 Å². The molecule has 7 nitrogen and oxygen atoms in total. The summed E-state index contributed by atoms with van der Waals surface area (Å²) in [5.74, 6) is -2.34. The first-order valence-corrected chi connectivity index (χ1v) is 6.06. The average molecular weight is 265 g/mol. The Bertz CT molecular complexity index is 497. The van der Waals surface area contributed by atoms with E-state index in [1.807, 2.05) is 0 Å². The summed E-state index contributed by atoms with van der Waals surface area (Å²) >= 11 is 0.